The van der Waals surface area contributed by atoms with Crippen molar-refractivity contribution in [2.75, 3.05) is 51.5 Å². The number of hydrogen-bond acceptors (Lipinski definition) is 7. The standard InChI is InChI=1S/C17H26N6O/c1-23(2)12-6-10-18-16-13-20-22-17(21-16)19-11-9-14-7-4-5-8-15(14)24-3/h4-5,7-8,13H,6,9-12H2,1-3H3,(H2,18,19,21,22). The molecule has 24 heavy (non-hydrogen) atoms. The molecular formula is C17H26N6O. The molecule has 1 heterocycles. The maximum Gasteiger partial charge on any atom is 0.244 e. The zero-order valence-corrected chi connectivity index (χ0v) is 14.6. The van der Waals surface area contributed by atoms with Gasteiger partial charge in [0, 0.05) is 13.1 Å². The molecule has 130 valence electrons. The quantitative estimate of drug-likeness (QED) is 0.644. The van der Waals surface area contributed by atoms with Crippen LogP contribution in [0.5, 0.6) is 5.75 Å². The monoisotopic (exact) mass is 330 g/mol. The second-order valence-electron chi connectivity index (χ2n) is 5.74. The molecule has 0 aliphatic rings. The predicted octanol–water partition coefficient (Wildman–Crippen LogP) is 1.90. The Bertz CT molecular complexity index is 620. The minimum atomic E-state index is 0.530. The number of methoxy groups -OCH3 is 1. The maximum atomic E-state index is 5.35. The summed E-state index contributed by atoms with van der Waals surface area (Å²) >= 11 is 0. The molecule has 1 aromatic heterocycles. The largest absolute Gasteiger partial charge is 0.496 e. The van der Waals surface area contributed by atoms with Crippen molar-refractivity contribution in [1.29, 1.82) is 0 Å². The van der Waals surface area contributed by atoms with E-state index in [1.54, 1.807) is 13.3 Å². The number of hydrogen-bond donors (Lipinski definition) is 2. The Morgan fingerprint density at radius 3 is 2.75 bits per heavy atom. The molecule has 0 aliphatic carbocycles. The predicted molar refractivity (Wildman–Crippen MR) is 96.7 cm³/mol. The molecule has 0 atom stereocenters. The molecule has 0 aliphatic heterocycles. The average molecular weight is 330 g/mol. The molecular weight excluding hydrogens is 304 g/mol. The summed E-state index contributed by atoms with van der Waals surface area (Å²) in [4.78, 5) is 6.58. The summed E-state index contributed by atoms with van der Waals surface area (Å²) in [7, 11) is 5.82. The average Bonchev–Trinajstić information content (AvgIpc) is 2.59. The Morgan fingerprint density at radius 2 is 1.96 bits per heavy atom. The molecule has 0 bridgehead atoms. The van der Waals surface area contributed by atoms with E-state index in [1.807, 2.05) is 18.2 Å². The Balaban J connectivity index is 1.79. The normalized spacial score (nSPS) is 10.7. The SMILES string of the molecule is COc1ccccc1CCNc1nncc(NCCCN(C)C)n1. The van der Waals surface area contributed by atoms with E-state index < -0.39 is 0 Å². The van der Waals surface area contributed by atoms with Gasteiger partial charge in [0.1, 0.15) is 5.75 Å². The van der Waals surface area contributed by atoms with Crippen LogP contribution in [0.15, 0.2) is 30.5 Å². The first-order valence-corrected chi connectivity index (χ1v) is 8.13. The van der Waals surface area contributed by atoms with Crippen molar-refractivity contribution in [2.45, 2.75) is 12.8 Å². The van der Waals surface area contributed by atoms with Crippen molar-refractivity contribution in [3.05, 3.63) is 36.0 Å². The molecule has 7 nitrogen and oxygen atoms in total. The van der Waals surface area contributed by atoms with E-state index in [1.165, 1.54) is 0 Å². The highest BCUT2D eigenvalue weighted by Gasteiger charge is 2.03. The molecule has 0 unspecified atom stereocenters. The van der Waals surface area contributed by atoms with E-state index in [9.17, 15) is 0 Å². The molecule has 0 radical (unpaired) electrons. The first-order chi connectivity index (χ1) is 11.7. The molecule has 0 amide bonds. The van der Waals surface area contributed by atoms with Crippen molar-refractivity contribution < 1.29 is 4.74 Å². The van der Waals surface area contributed by atoms with Crippen LogP contribution >= 0.6 is 0 Å². The van der Waals surface area contributed by atoms with Gasteiger partial charge in [-0.25, -0.2) is 0 Å². The molecule has 0 spiro atoms. The minimum Gasteiger partial charge on any atom is -0.496 e. The van der Waals surface area contributed by atoms with E-state index in [-0.39, 0.29) is 0 Å². The number of ether oxygens (including phenoxy) is 1. The molecule has 7 heteroatoms. The van der Waals surface area contributed by atoms with Gasteiger partial charge in [0.05, 0.1) is 13.3 Å². The zero-order chi connectivity index (χ0) is 17.2. The van der Waals surface area contributed by atoms with Crippen molar-refractivity contribution in [1.82, 2.24) is 20.1 Å². The van der Waals surface area contributed by atoms with E-state index in [4.69, 9.17) is 4.74 Å². The van der Waals surface area contributed by atoms with Crippen molar-refractivity contribution in [2.24, 2.45) is 0 Å². The zero-order valence-electron chi connectivity index (χ0n) is 14.6. The molecule has 0 fully saturated rings. The smallest absolute Gasteiger partial charge is 0.244 e. The van der Waals surface area contributed by atoms with Gasteiger partial charge >= 0.3 is 0 Å². The van der Waals surface area contributed by atoms with E-state index >= 15 is 0 Å². The molecule has 2 rings (SSSR count). The van der Waals surface area contributed by atoms with Gasteiger partial charge in [-0.2, -0.15) is 10.1 Å². The van der Waals surface area contributed by atoms with Gasteiger partial charge in [-0.05, 0) is 45.1 Å². The number of anilines is 2. The number of aromatic nitrogens is 3. The third-order valence-corrected chi connectivity index (χ3v) is 3.52. The van der Waals surface area contributed by atoms with Crippen LogP contribution in [-0.4, -0.2) is 60.9 Å². The first kappa shape index (κ1) is 17.9. The Kier molecular flexibility index (Phi) is 7.22. The second-order valence-corrected chi connectivity index (χ2v) is 5.74. The highest BCUT2D eigenvalue weighted by molar-refractivity contribution is 5.38. The number of nitrogens with zero attached hydrogens (tertiary/aromatic N) is 4. The molecule has 2 aromatic rings. The number of nitrogens with one attached hydrogen (secondary N) is 2. The second kappa shape index (κ2) is 9.67. The summed E-state index contributed by atoms with van der Waals surface area (Å²) in [6.07, 6.45) is 3.52. The Morgan fingerprint density at radius 1 is 1.12 bits per heavy atom. The lowest BCUT2D eigenvalue weighted by molar-refractivity contribution is 0.405. The van der Waals surface area contributed by atoms with Gasteiger partial charge in [0.2, 0.25) is 5.95 Å². The fraction of sp³-hybridized carbons (Fsp3) is 0.471. The lowest BCUT2D eigenvalue weighted by Gasteiger charge is -2.11. The highest BCUT2D eigenvalue weighted by atomic mass is 16.5. The van der Waals surface area contributed by atoms with Crippen LogP contribution in [0.4, 0.5) is 11.8 Å². The van der Waals surface area contributed by atoms with E-state index in [2.05, 4.69) is 50.9 Å². The maximum absolute atomic E-state index is 5.35. The van der Waals surface area contributed by atoms with Crippen LogP contribution in [-0.2, 0) is 6.42 Å². The van der Waals surface area contributed by atoms with Crippen LogP contribution in [0.3, 0.4) is 0 Å². The number of para-hydroxylation sites is 1. The van der Waals surface area contributed by atoms with Crippen molar-refractivity contribution >= 4 is 11.8 Å². The van der Waals surface area contributed by atoms with Crippen LogP contribution in [0, 0.1) is 0 Å². The fourth-order valence-corrected chi connectivity index (χ4v) is 2.29. The van der Waals surface area contributed by atoms with E-state index in [0.29, 0.717) is 12.5 Å². The Hall–Kier alpha value is -2.41. The topological polar surface area (TPSA) is 75.2 Å². The third kappa shape index (κ3) is 6.00. The van der Waals surface area contributed by atoms with Gasteiger partial charge in [-0.15, -0.1) is 5.10 Å². The minimum absolute atomic E-state index is 0.530. The van der Waals surface area contributed by atoms with Crippen LogP contribution in [0.25, 0.3) is 0 Å². The molecule has 0 saturated carbocycles. The van der Waals surface area contributed by atoms with Crippen LogP contribution < -0.4 is 15.4 Å². The molecule has 1 aromatic carbocycles. The summed E-state index contributed by atoms with van der Waals surface area (Å²) in [6, 6.07) is 8.00. The van der Waals surface area contributed by atoms with Gasteiger partial charge in [0.15, 0.2) is 5.82 Å². The van der Waals surface area contributed by atoms with Gasteiger partial charge in [-0.1, -0.05) is 18.2 Å². The van der Waals surface area contributed by atoms with Gasteiger partial charge in [0.25, 0.3) is 0 Å². The highest BCUT2D eigenvalue weighted by Crippen LogP contribution is 2.17. The van der Waals surface area contributed by atoms with Gasteiger partial charge < -0.3 is 20.3 Å². The molecule has 2 N–H and O–H groups in total. The number of rotatable bonds is 10. The third-order valence-electron chi connectivity index (χ3n) is 3.52. The van der Waals surface area contributed by atoms with Crippen LogP contribution in [0.1, 0.15) is 12.0 Å². The fourth-order valence-electron chi connectivity index (χ4n) is 2.29. The summed E-state index contributed by atoms with van der Waals surface area (Å²) in [6.45, 7) is 2.61. The first-order valence-electron chi connectivity index (χ1n) is 8.13. The lowest BCUT2D eigenvalue weighted by Crippen LogP contribution is -2.17. The Labute approximate surface area is 143 Å². The van der Waals surface area contributed by atoms with Crippen LogP contribution in [0.2, 0.25) is 0 Å². The van der Waals surface area contributed by atoms with Crippen molar-refractivity contribution in [3.8, 4) is 5.75 Å². The summed E-state index contributed by atoms with van der Waals surface area (Å²) in [5, 5.41) is 14.5. The summed E-state index contributed by atoms with van der Waals surface area (Å²) in [5.74, 6) is 2.17. The lowest BCUT2D eigenvalue weighted by atomic mass is 10.1. The van der Waals surface area contributed by atoms with Gasteiger partial charge in [-0.3, -0.25) is 0 Å². The number of benzene rings is 1. The summed E-state index contributed by atoms with van der Waals surface area (Å²) < 4.78 is 5.35. The molecule has 0 saturated heterocycles. The van der Waals surface area contributed by atoms with Crippen molar-refractivity contribution in [3.63, 3.8) is 0 Å². The summed E-state index contributed by atoms with van der Waals surface area (Å²) in [5.41, 5.74) is 1.15. The van der Waals surface area contributed by atoms with E-state index in [0.717, 1.165) is 43.1 Å².